The summed E-state index contributed by atoms with van der Waals surface area (Å²) in [5.41, 5.74) is 0. The quantitative estimate of drug-likeness (QED) is 0.435. The standard InChI is InChI=1S/C12H30OSSi2/c1-7-8-10-13-16(5,6)12-9-11-14-15(2,3)4/h7-12H2,1-6H3. The van der Waals surface area contributed by atoms with Gasteiger partial charge in [0, 0.05) is 6.61 Å². The molecule has 1 nitrogen and oxygen atoms in total. The van der Waals surface area contributed by atoms with Crippen molar-refractivity contribution in [2.75, 3.05) is 12.4 Å². The molecule has 0 radical (unpaired) electrons. The molecule has 0 N–H and O–H groups in total. The second-order valence-corrected chi connectivity index (χ2v) is 19.8. The maximum atomic E-state index is 6.04. The molecule has 98 valence electrons. The molecule has 0 aliphatic heterocycles. The fourth-order valence-corrected chi connectivity index (χ4v) is 6.74. The van der Waals surface area contributed by atoms with Crippen LogP contribution in [0.5, 0.6) is 0 Å². The van der Waals surface area contributed by atoms with Crippen LogP contribution in [0.1, 0.15) is 26.2 Å². The Morgan fingerprint density at radius 3 is 2.12 bits per heavy atom. The number of hydrogen-bond acceptors (Lipinski definition) is 2. The van der Waals surface area contributed by atoms with E-state index in [1.54, 1.807) is 0 Å². The summed E-state index contributed by atoms with van der Waals surface area (Å²) in [7, 11) is -2.23. The minimum atomic E-state index is -1.33. The molecule has 0 atom stereocenters. The molecular weight excluding hydrogens is 248 g/mol. The van der Waals surface area contributed by atoms with Crippen LogP contribution in [0.2, 0.25) is 38.8 Å². The minimum Gasteiger partial charge on any atom is -0.417 e. The molecule has 16 heavy (non-hydrogen) atoms. The van der Waals surface area contributed by atoms with Gasteiger partial charge in [0.15, 0.2) is 8.32 Å². The van der Waals surface area contributed by atoms with Gasteiger partial charge < -0.3 is 4.43 Å². The third kappa shape index (κ3) is 11.2. The summed E-state index contributed by atoms with van der Waals surface area (Å²) in [6, 6.07) is 1.33. The van der Waals surface area contributed by atoms with Gasteiger partial charge in [-0.15, -0.1) is 0 Å². The van der Waals surface area contributed by atoms with Crippen LogP contribution in [0, 0.1) is 0 Å². The zero-order valence-electron chi connectivity index (χ0n) is 12.1. The number of unbranched alkanes of at least 4 members (excludes halogenated alkanes) is 1. The van der Waals surface area contributed by atoms with Crippen molar-refractivity contribution in [3.63, 3.8) is 0 Å². The highest BCUT2D eigenvalue weighted by Gasteiger charge is 2.22. The van der Waals surface area contributed by atoms with Crippen LogP contribution in [0.3, 0.4) is 0 Å². The van der Waals surface area contributed by atoms with Gasteiger partial charge in [0.25, 0.3) is 0 Å². The van der Waals surface area contributed by atoms with Crippen molar-refractivity contribution < 1.29 is 4.43 Å². The van der Waals surface area contributed by atoms with Crippen molar-refractivity contribution in [3.8, 4) is 0 Å². The molecule has 0 spiro atoms. The molecule has 0 amide bonds. The second kappa shape index (κ2) is 7.95. The summed E-state index contributed by atoms with van der Waals surface area (Å²) >= 11 is 2.21. The van der Waals surface area contributed by atoms with Crippen molar-refractivity contribution in [2.24, 2.45) is 0 Å². The molecule has 4 heteroatoms. The van der Waals surface area contributed by atoms with Gasteiger partial charge in [0.05, 0.1) is 0 Å². The highest BCUT2D eigenvalue weighted by atomic mass is 32.4. The molecule has 0 rings (SSSR count). The Labute approximate surface area is 109 Å². The van der Waals surface area contributed by atoms with Crippen molar-refractivity contribution in [1.29, 1.82) is 0 Å². The molecule has 0 aliphatic rings. The average Bonchev–Trinajstić information content (AvgIpc) is 2.11. The topological polar surface area (TPSA) is 9.23 Å². The third-order valence-corrected chi connectivity index (χ3v) is 9.56. The van der Waals surface area contributed by atoms with E-state index in [-0.39, 0.29) is 0 Å². The van der Waals surface area contributed by atoms with E-state index in [1.165, 1.54) is 31.1 Å². The number of hydrogen-bond donors (Lipinski definition) is 0. The monoisotopic (exact) mass is 278 g/mol. The summed E-state index contributed by atoms with van der Waals surface area (Å²) in [6.07, 6.45) is 3.82. The summed E-state index contributed by atoms with van der Waals surface area (Å²) < 4.78 is 6.04. The van der Waals surface area contributed by atoms with Crippen LogP contribution in [-0.4, -0.2) is 27.9 Å². The van der Waals surface area contributed by atoms with Crippen LogP contribution < -0.4 is 0 Å². The van der Waals surface area contributed by atoms with E-state index in [9.17, 15) is 0 Å². The fourth-order valence-electron chi connectivity index (χ4n) is 1.44. The van der Waals surface area contributed by atoms with Gasteiger partial charge in [-0.1, -0.05) is 33.0 Å². The lowest BCUT2D eigenvalue weighted by atomic mass is 10.4. The molecule has 0 fully saturated rings. The van der Waals surface area contributed by atoms with Crippen LogP contribution in [0.15, 0.2) is 0 Å². The van der Waals surface area contributed by atoms with Crippen LogP contribution in [-0.2, 0) is 4.43 Å². The van der Waals surface area contributed by atoms with Crippen molar-refractivity contribution in [2.45, 2.75) is 65.0 Å². The highest BCUT2D eigenvalue weighted by molar-refractivity contribution is 8.28. The Hall–Kier alpha value is 0.744. The van der Waals surface area contributed by atoms with Gasteiger partial charge in [-0.25, -0.2) is 0 Å². The molecule has 0 saturated carbocycles. The van der Waals surface area contributed by atoms with Crippen LogP contribution in [0.25, 0.3) is 0 Å². The molecule has 0 bridgehead atoms. The zero-order valence-corrected chi connectivity index (χ0v) is 14.9. The van der Waals surface area contributed by atoms with E-state index in [0.29, 0.717) is 0 Å². The first-order chi connectivity index (χ1) is 7.27. The Kier molecular flexibility index (Phi) is 8.32. The minimum absolute atomic E-state index is 0.893. The molecule has 0 saturated heterocycles. The predicted molar refractivity (Wildman–Crippen MR) is 83.6 cm³/mol. The van der Waals surface area contributed by atoms with Gasteiger partial charge in [0.1, 0.15) is 7.22 Å². The largest absolute Gasteiger partial charge is 0.417 e. The molecule has 0 unspecified atom stereocenters. The van der Waals surface area contributed by atoms with Crippen LogP contribution in [0.4, 0.5) is 0 Å². The lowest BCUT2D eigenvalue weighted by Crippen LogP contribution is -2.30. The lowest BCUT2D eigenvalue weighted by molar-refractivity contribution is 0.298. The van der Waals surface area contributed by atoms with Gasteiger partial charge in [-0.2, -0.15) is 11.2 Å². The maximum Gasteiger partial charge on any atom is 0.186 e. The molecular formula is C12H30OSSi2. The normalized spacial score (nSPS) is 13.1. The SMILES string of the molecule is CCCCO[Si](C)(C)CCCS[Si](C)(C)C. The average molecular weight is 279 g/mol. The van der Waals surface area contributed by atoms with E-state index in [0.717, 1.165) is 6.61 Å². The van der Waals surface area contributed by atoms with Gasteiger partial charge >= 0.3 is 0 Å². The van der Waals surface area contributed by atoms with E-state index >= 15 is 0 Å². The smallest absolute Gasteiger partial charge is 0.186 e. The van der Waals surface area contributed by atoms with E-state index in [1.807, 2.05) is 0 Å². The van der Waals surface area contributed by atoms with Crippen molar-refractivity contribution in [3.05, 3.63) is 0 Å². The Bertz CT molecular complexity index is 178. The van der Waals surface area contributed by atoms with E-state index < -0.39 is 15.5 Å². The Morgan fingerprint density at radius 1 is 1.00 bits per heavy atom. The van der Waals surface area contributed by atoms with Crippen molar-refractivity contribution in [1.82, 2.24) is 0 Å². The summed E-state index contributed by atoms with van der Waals surface area (Å²) in [4.78, 5) is 0. The summed E-state index contributed by atoms with van der Waals surface area (Å²) in [6.45, 7) is 15.2. The first kappa shape index (κ1) is 16.7. The molecule has 0 aromatic rings. The lowest BCUT2D eigenvalue weighted by Gasteiger charge is -2.23. The molecule has 0 heterocycles. The van der Waals surface area contributed by atoms with Gasteiger partial charge in [-0.3, -0.25) is 0 Å². The van der Waals surface area contributed by atoms with Gasteiger partial charge in [-0.05, 0) is 37.7 Å². The van der Waals surface area contributed by atoms with Gasteiger partial charge in [0.2, 0.25) is 0 Å². The first-order valence-corrected chi connectivity index (χ1v) is 14.9. The first-order valence-electron chi connectivity index (χ1n) is 6.55. The number of rotatable bonds is 9. The fraction of sp³-hybridized carbons (Fsp3) is 1.00. The summed E-state index contributed by atoms with van der Waals surface area (Å²) in [5.74, 6) is 1.34. The molecule has 0 aromatic carbocycles. The van der Waals surface area contributed by atoms with Crippen LogP contribution >= 0.6 is 11.2 Å². The second-order valence-electron chi connectivity index (χ2n) is 6.03. The summed E-state index contributed by atoms with van der Waals surface area (Å²) in [5, 5.41) is 0. The Balaban J connectivity index is 3.57. The van der Waals surface area contributed by atoms with E-state index in [2.05, 4.69) is 50.9 Å². The maximum absolute atomic E-state index is 6.04. The molecule has 0 aliphatic carbocycles. The zero-order chi connectivity index (χ0) is 12.7. The third-order valence-electron chi connectivity index (χ3n) is 2.45. The highest BCUT2D eigenvalue weighted by Crippen LogP contribution is 2.23. The molecule has 0 aromatic heterocycles. The van der Waals surface area contributed by atoms with Crippen molar-refractivity contribution >= 4 is 26.8 Å². The van der Waals surface area contributed by atoms with E-state index in [4.69, 9.17) is 4.43 Å². The predicted octanol–water partition coefficient (Wildman–Crippen LogP) is 4.97. The Morgan fingerprint density at radius 2 is 1.62 bits per heavy atom.